The molecule has 2 aliphatic rings. The van der Waals surface area contributed by atoms with Gasteiger partial charge in [0.1, 0.15) is 0 Å². The van der Waals surface area contributed by atoms with E-state index in [9.17, 15) is 18.0 Å². The van der Waals surface area contributed by atoms with Crippen molar-refractivity contribution in [3.63, 3.8) is 0 Å². The standard InChI is InChI=1S/C24H35N5O5S.C2H6/c1-15-7-8-16(2)19(17(15)3)18(4)20(21-26-27-23(31)34-21)29(5,6)35(32,33)28-13-10-24(11-14-28)9-12-25-22(24)30;1-2/h7-8,18,20H,9-14H2,1-6H3,(H-,25,27,30,31);1-2H3/p+1/t18?,20-;/m0./s1. The molecule has 206 valence electrons. The van der Waals surface area contributed by atoms with Gasteiger partial charge in [0.05, 0.1) is 19.5 Å². The summed E-state index contributed by atoms with van der Waals surface area (Å²) in [6.07, 6.45) is 1.72. The molecule has 2 aliphatic heterocycles. The molecule has 0 aliphatic carbocycles. The van der Waals surface area contributed by atoms with Crippen molar-refractivity contribution in [3.05, 3.63) is 50.8 Å². The molecule has 1 aromatic carbocycles. The molecule has 0 bridgehead atoms. The van der Waals surface area contributed by atoms with E-state index in [0.29, 0.717) is 19.4 Å². The smallest absolute Gasteiger partial charge is 0.386 e. The van der Waals surface area contributed by atoms with Gasteiger partial charge in [-0.1, -0.05) is 32.9 Å². The molecule has 0 radical (unpaired) electrons. The number of carbonyl (C=O) groups excluding carboxylic acids is 1. The molecule has 1 amide bonds. The fourth-order valence-corrected chi connectivity index (χ4v) is 7.80. The van der Waals surface area contributed by atoms with Crippen LogP contribution in [0.3, 0.4) is 0 Å². The van der Waals surface area contributed by atoms with Crippen LogP contribution >= 0.6 is 0 Å². The number of amides is 1. The molecule has 1 spiro atoms. The molecule has 2 saturated heterocycles. The Morgan fingerprint density at radius 3 is 2.16 bits per heavy atom. The van der Waals surface area contributed by atoms with Crippen molar-refractivity contribution in [1.82, 2.24) is 19.8 Å². The Hall–Kier alpha value is -2.50. The molecule has 10 nitrogen and oxygen atoms in total. The number of hydrogen-bond donors (Lipinski definition) is 2. The Bertz CT molecular complexity index is 1290. The van der Waals surface area contributed by atoms with Gasteiger partial charge in [0, 0.05) is 25.6 Å². The third-order valence-electron chi connectivity index (χ3n) is 8.28. The Morgan fingerprint density at radius 2 is 1.65 bits per heavy atom. The molecule has 1 unspecified atom stereocenters. The summed E-state index contributed by atoms with van der Waals surface area (Å²) in [5.74, 6) is -0.971. The van der Waals surface area contributed by atoms with Crippen LogP contribution in [0.2, 0.25) is 0 Å². The van der Waals surface area contributed by atoms with Gasteiger partial charge in [0.2, 0.25) is 5.91 Å². The number of carbonyl (C=O) groups is 1. The normalized spacial score (nSPS) is 19.7. The maximum atomic E-state index is 14.1. The van der Waals surface area contributed by atoms with Crippen LogP contribution in [-0.2, 0) is 15.0 Å². The highest BCUT2D eigenvalue weighted by atomic mass is 32.2. The number of likely N-dealkylation sites (N-methyl/N-ethyl adjacent to an activating group) is 1. The SMILES string of the molecule is CC.Cc1ccc(C)c(C(C)[C@@H](c2n[nH]c(=O)o2)[N+](C)(C)S(=O)(=O)N2CCC3(CCNC3=O)CC2)c1C. The fraction of sp³-hybridized carbons (Fsp3) is 0.654. The number of rotatable bonds is 6. The lowest BCUT2D eigenvalue weighted by molar-refractivity contribution is -0.805. The number of nitrogens with zero attached hydrogens (tertiary/aromatic N) is 3. The zero-order valence-electron chi connectivity index (χ0n) is 23.3. The van der Waals surface area contributed by atoms with E-state index in [4.69, 9.17) is 4.42 Å². The largest absolute Gasteiger partial charge is 0.434 e. The number of aromatic nitrogens is 2. The van der Waals surface area contributed by atoms with E-state index in [2.05, 4.69) is 15.5 Å². The van der Waals surface area contributed by atoms with Crippen molar-refractivity contribution in [3.8, 4) is 0 Å². The van der Waals surface area contributed by atoms with Crippen molar-refractivity contribution in [2.75, 3.05) is 33.7 Å². The zero-order valence-corrected chi connectivity index (χ0v) is 24.2. The van der Waals surface area contributed by atoms with Crippen molar-refractivity contribution in [2.24, 2.45) is 5.41 Å². The quantitative estimate of drug-likeness (QED) is 0.547. The topological polar surface area (TPSA) is 125 Å². The monoisotopic (exact) mass is 536 g/mol. The zero-order chi connectivity index (χ0) is 27.8. The summed E-state index contributed by atoms with van der Waals surface area (Å²) in [6, 6.07) is 3.28. The van der Waals surface area contributed by atoms with Gasteiger partial charge >= 0.3 is 16.0 Å². The Morgan fingerprint density at radius 1 is 1.05 bits per heavy atom. The van der Waals surface area contributed by atoms with Crippen LogP contribution < -0.4 is 11.1 Å². The van der Waals surface area contributed by atoms with Crippen LogP contribution in [-0.4, -0.2) is 66.4 Å². The highest BCUT2D eigenvalue weighted by molar-refractivity contribution is 7.83. The van der Waals surface area contributed by atoms with Crippen LogP contribution in [0.5, 0.6) is 0 Å². The van der Waals surface area contributed by atoms with E-state index in [-0.39, 0.29) is 30.8 Å². The lowest BCUT2D eigenvalue weighted by Crippen LogP contribution is -2.58. The van der Waals surface area contributed by atoms with Gasteiger partial charge in [-0.05, 0) is 62.3 Å². The first-order valence-electron chi connectivity index (χ1n) is 13.1. The number of piperidine rings is 1. The first-order chi connectivity index (χ1) is 17.3. The Labute approximate surface area is 220 Å². The molecule has 2 N–H and O–H groups in total. The fourth-order valence-electron chi connectivity index (χ4n) is 6.00. The van der Waals surface area contributed by atoms with E-state index in [1.807, 2.05) is 53.7 Å². The molecule has 37 heavy (non-hydrogen) atoms. The Balaban J connectivity index is 0.00000186. The third kappa shape index (κ3) is 5.00. The average Bonchev–Trinajstić information content (AvgIpc) is 3.43. The lowest BCUT2D eigenvalue weighted by atomic mass is 9.78. The lowest BCUT2D eigenvalue weighted by Gasteiger charge is -2.43. The number of benzene rings is 1. The number of aryl methyl sites for hydroxylation is 2. The maximum Gasteiger partial charge on any atom is 0.434 e. The average molecular weight is 537 g/mol. The number of H-pyrrole nitrogens is 1. The highest BCUT2D eigenvalue weighted by Crippen LogP contribution is 2.45. The number of quaternary nitrogens is 1. The third-order valence-corrected chi connectivity index (χ3v) is 10.7. The van der Waals surface area contributed by atoms with Gasteiger partial charge in [0.25, 0.3) is 5.89 Å². The van der Waals surface area contributed by atoms with Gasteiger partial charge in [-0.15, -0.1) is 5.10 Å². The molecule has 1 aromatic heterocycles. The summed E-state index contributed by atoms with van der Waals surface area (Å²) in [6.45, 7) is 13.2. The Kier molecular flexibility index (Phi) is 8.41. The second-order valence-corrected chi connectivity index (χ2v) is 12.9. The van der Waals surface area contributed by atoms with Crippen molar-refractivity contribution >= 4 is 16.1 Å². The molecular formula is C26H42N5O5S+. The van der Waals surface area contributed by atoms with Gasteiger partial charge < -0.3 is 9.73 Å². The molecule has 2 atom stereocenters. The van der Waals surface area contributed by atoms with Crippen LogP contribution in [0.25, 0.3) is 0 Å². The summed E-state index contributed by atoms with van der Waals surface area (Å²) in [4.78, 5) is 24.3. The first kappa shape index (κ1) is 29.1. The van der Waals surface area contributed by atoms with Gasteiger partial charge in [0.15, 0.2) is 6.04 Å². The highest BCUT2D eigenvalue weighted by Gasteiger charge is 2.54. The van der Waals surface area contributed by atoms with Gasteiger partial charge in [-0.25, -0.2) is 9.89 Å². The summed E-state index contributed by atoms with van der Waals surface area (Å²) in [5, 5.41) is 9.27. The van der Waals surface area contributed by atoms with E-state index < -0.39 is 31.3 Å². The predicted molar refractivity (Wildman–Crippen MR) is 142 cm³/mol. The van der Waals surface area contributed by atoms with Crippen LogP contribution in [0.4, 0.5) is 0 Å². The van der Waals surface area contributed by atoms with E-state index in [1.54, 1.807) is 14.1 Å². The van der Waals surface area contributed by atoms with E-state index >= 15 is 0 Å². The predicted octanol–water partition coefficient (Wildman–Crippen LogP) is 3.08. The summed E-state index contributed by atoms with van der Waals surface area (Å²) in [5.41, 5.74) is 3.75. The molecule has 0 saturated carbocycles. The van der Waals surface area contributed by atoms with Crippen molar-refractivity contribution < 1.29 is 21.5 Å². The van der Waals surface area contributed by atoms with Crippen LogP contribution in [0.1, 0.15) is 80.1 Å². The van der Waals surface area contributed by atoms with Crippen LogP contribution in [0, 0.1) is 26.2 Å². The van der Waals surface area contributed by atoms with Gasteiger partial charge in [-0.2, -0.15) is 16.6 Å². The molecule has 11 heteroatoms. The molecular weight excluding hydrogens is 494 g/mol. The van der Waals surface area contributed by atoms with Crippen molar-refractivity contribution in [1.29, 1.82) is 0 Å². The van der Waals surface area contributed by atoms with Crippen molar-refractivity contribution in [2.45, 2.75) is 72.8 Å². The maximum absolute atomic E-state index is 14.1. The minimum Gasteiger partial charge on any atom is -0.386 e. The molecule has 2 fully saturated rings. The summed E-state index contributed by atoms with van der Waals surface area (Å²) < 4.78 is 34.6. The molecule has 2 aromatic rings. The second-order valence-electron chi connectivity index (χ2n) is 10.5. The van der Waals surface area contributed by atoms with E-state index in [1.165, 1.54) is 4.31 Å². The second kappa shape index (κ2) is 10.7. The summed E-state index contributed by atoms with van der Waals surface area (Å²) >= 11 is 0. The van der Waals surface area contributed by atoms with Gasteiger partial charge in [-0.3, -0.25) is 4.79 Å². The summed E-state index contributed by atoms with van der Waals surface area (Å²) in [7, 11) is -0.682. The molecule has 4 rings (SSSR count). The van der Waals surface area contributed by atoms with Crippen LogP contribution in [0.15, 0.2) is 21.3 Å². The number of nitrogens with one attached hydrogen (secondary N) is 2. The molecule has 3 heterocycles. The minimum absolute atomic E-state index is 0.0264. The number of aromatic amines is 1. The first-order valence-corrected chi connectivity index (χ1v) is 14.5. The van der Waals surface area contributed by atoms with E-state index in [0.717, 1.165) is 28.7 Å². The minimum atomic E-state index is -3.93. The number of hydrogen-bond acceptors (Lipinski definition) is 6.